The monoisotopic (exact) mass is 429 g/mol. The van der Waals surface area contributed by atoms with Gasteiger partial charge in [0.1, 0.15) is 6.04 Å². The van der Waals surface area contributed by atoms with Gasteiger partial charge in [0.2, 0.25) is 0 Å². The number of esters is 1. The van der Waals surface area contributed by atoms with Gasteiger partial charge in [0.15, 0.2) is 6.61 Å². The van der Waals surface area contributed by atoms with Crippen molar-refractivity contribution in [3.63, 3.8) is 0 Å². The van der Waals surface area contributed by atoms with E-state index in [1.165, 1.54) is 43.3 Å². The topological polar surface area (TPSA) is 122 Å². The number of carbonyl (C=O) groups is 5. The van der Waals surface area contributed by atoms with Crippen LogP contribution in [0, 0.1) is 0 Å². The lowest BCUT2D eigenvalue weighted by Gasteiger charge is -2.20. The van der Waals surface area contributed by atoms with Crippen LogP contribution in [-0.4, -0.2) is 47.1 Å². The second-order valence-corrected chi connectivity index (χ2v) is 6.76. The third-order valence-corrected chi connectivity index (χ3v) is 4.57. The van der Waals surface area contributed by atoms with Crippen molar-refractivity contribution in [3.8, 4) is 0 Å². The number of halogens is 1. The maximum atomic E-state index is 12.4. The molecule has 0 fully saturated rings. The maximum Gasteiger partial charge on any atom is 0.329 e. The predicted molar refractivity (Wildman–Crippen MR) is 104 cm³/mol. The summed E-state index contributed by atoms with van der Waals surface area (Å²) in [5.41, 5.74) is 4.91. The van der Waals surface area contributed by atoms with E-state index in [4.69, 9.17) is 16.3 Å². The van der Waals surface area contributed by atoms with E-state index in [2.05, 4.69) is 10.9 Å². The first-order valence-electron chi connectivity index (χ1n) is 8.78. The summed E-state index contributed by atoms with van der Waals surface area (Å²) in [6.45, 7) is 0.609. The number of hydrogen-bond acceptors (Lipinski definition) is 6. The van der Waals surface area contributed by atoms with Crippen molar-refractivity contribution in [2.75, 3.05) is 6.61 Å². The van der Waals surface area contributed by atoms with Crippen molar-refractivity contribution >= 4 is 41.2 Å². The van der Waals surface area contributed by atoms with Crippen molar-refractivity contribution in [2.24, 2.45) is 0 Å². The largest absolute Gasteiger partial charge is 0.454 e. The lowest BCUT2D eigenvalue weighted by Crippen LogP contribution is -2.46. The standard InChI is InChI=1S/C20H16ClN3O6/c1-11(24-18(27)14-4-2-3-5-15(14)19(24)28)20(29)30-10-16(25)22-23-17(26)12-6-8-13(21)9-7-12/h2-9,11H,10H2,1H3,(H,22,25)(H,23,26). The summed E-state index contributed by atoms with van der Waals surface area (Å²) in [7, 11) is 0. The van der Waals surface area contributed by atoms with Gasteiger partial charge in [-0.15, -0.1) is 0 Å². The fraction of sp³-hybridized carbons (Fsp3) is 0.150. The predicted octanol–water partition coefficient (Wildman–Crippen LogP) is 1.33. The van der Waals surface area contributed by atoms with E-state index < -0.39 is 42.2 Å². The number of nitrogens with one attached hydrogen (secondary N) is 2. The van der Waals surface area contributed by atoms with E-state index in [9.17, 15) is 24.0 Å². The zero-order valence-electron chi connectivity index (χ0n) is 15.7. The average Bonchev–Trinajstić information content (AvgIpc) is 3.00. The van der Waals surface area contributed by atoms with Crippen LogP contribution in [0.25, 0.3) is 0 Å². The minimum absolute atomic E-state index is 0.199. The molecule has 1 aliphatic rings. The number of ether oxygens (including phenoxy) is 1. The molecule has 2 aromatic rings. The van der Waals surface area contributed by atoms with Crippen LogP contribution in [0.1, 0.15) is 38.0 Å². The summed E-state index contributed by atoms with van der Waals surface area (Å²) < 4.78 is 4.86. The fourth-order valence-corrected chi connectivity index (χ4v) is 2.88. The smallest absolute Gasteiger partial charge is 0.329 e. The van der Waals surface area contributed by atoms with E-state index in [1.54, 1.807) is 12.1 Å². The molecule has 0 radical (unpaired) electrons. The van der Waals surface area contributed by atoms with Crippen LogP contribution < -0.4 is 10.9 Å². The molecule has 1 atom stereocenters. The minimum Gasteiger partial charge on any atom is -0.454 e. The van der Waals surface area contributed by atoms with E-state index >= 15 is 0 Å². The Morgan fingerprint density at radius 1 is 0.967 bits per heavy atom. The number of rotatable bonds is 5. The molecule has 10 heteroatoms. The Morgan fingerprint density at radius 3 is 2.10 bits per heavy atom. The molecular weight excluding hydrogens is 414 g/mol. The number of imide groups is 1. The van der Waals surface area contributed by atoms with Crippen molar-refractivity contribution in [1.29, 1.82) is 0 Å². The average molecular weight is 430 g/mol. The number of nitrogens with zero attached hydrogens (tertiary/aromatic N) is 1. The first-order chi connectivity index (χ1) is 14.3. The number of carbonyl (C=O) groups excluding carboxylic acids is 5. The Bertz CT molecular complexity index is 1000. The lowest BCUT2D eigenvalue weighted by atomic mass is 10.1. The second-order valence-electron chi connectivity index (χ2n) is 6.32. The zero-order chi connectivity index (χ0) is 21.8. The number of fused-ring (bicyclic) bond motifs is 1. The van der Waals surface area contributed by atoms with Gasteiger partial charge in [-0.3, -0.25) is 34.9 Å². The number of hydrazine groups is 1. The summed E-state index contributed by atoms with van der Waals surface area (Å²) in [6.07, 6.45) is 0. The van der Waals surface area contributed by atoms with E-state index in [-0.39, 0.29) is 16.7 Å². The number of benzene rings is 2. The van der Waals surface area contributed by atoms with E-state index in [1.807, 2.05) is 0 Å². The van der Waals surface area contributed by atoms with Crippen LogP contribution in [0.5, 0.6) is 0 Å². The summed E-state index contributed by atoms with van der Waals surface area (Å²) in [6, 6.07) is 10.9. The van der Waals surface area contributed by atoms with Crippen molar-refractivity contribution < 1.29 is 28.7 Å². The fourth-order valence-electron chi connectivity index (χ4n) is 2.76. The van der Waals surface area contributed by atoms with E-state index in [0.29, 0.717) is 5.02 Å². The summed E-state index contributed by atoms with van der Waals surface area (Å²) in [5.74, 6) is -3.56. The SMILES string of the molecule is CC(C(=O)OCC(=O)NNC(=O)c1ccc(Cl)cc1)N1C(=O)c2ccccc2C1=O. The van der Waals surface area contributed by atoms with Gasteiger partial charge in [0, 0.05) is 10.6 Å². The number of hydrogen-bond donors (Lipinski definition) is 2. The molecule has 30 heavy (non-hydrogen) atoms. The maximum absolute atomic E-state index is 12.4. The Morgan fingerprint density at radius 2 is 1.53 bits per heavy atom. The van der Waals surface area contributed by atoms with E-state index in [0.717, 1.165) is 4.90 Å². The van der Waals surface area contributed by atoms with Crippen LogP contribution >= 0.6 is 11.6 Å². The molecule has 0 spiro atoms. The molecule has 1 heterocycles. The summed E-state index contributed by atoms with van der Waals surface area (Å²) >= 11 is 5.74. The molecule has 2 N–H and O–H groups in total. The highest BCUT2D eigenvalue weighted by Gasteiger charge is 2.41. The first-order valence-corrected chi connectivity index (χ1v) is 9.15. The molecule has 0 bridgehead atoms. The lowest BCUT2D eigenvalue weighted by molar-refractivity contribution is -0.152. The summed E-state index contributed by atoms with van der Waals surface area (Å²) in [5, 5.41) is 0.453. The molecule has 0 saturated carbocycles. The Hall–Kier alpha value is -3.72. The van der Waals surface area contributed by atoms with Gasteiger partial charge < -0.3 is 4.74 Å². The third-order valence-electron chi connectivity index (χ3n) is 4.32. The van der Waals surface area contributed by atoms with Crippen LogP contribution in [0.4, 0.5) is 0 Å². The Labute approximate surface area is 175 Å². The highest BCUT2D eigenvalue weighted by atomic mass is 35.5. The molecular formula is C20H16ClN3O6. The molecule has 0 saturated heterocycles. The van der Waals surface area contributed by atoms with Crippen LogP contribution in [-0.2, 0) is 14.3 Å². The molecule has 9 nitrogen and oxygen atoms in total. The van der Waals surface area contributed by atoms with Gasteiger partial charge in [0.25, 0.3) is 23.6 Å². The first kappa shape index (κ1) is 21.0. The van der Waals surface area contributed by atoms with Crippen LogP contribution in [0.15, 0.2) is 48.5 Å². The van der Waals surface area contributed by atoms with Crippen molar-refractivity contribution in [3.05, 3.63) is 70.2 Å². The minimum atomic E-state index is -1.23. The van der Waals surface area contributed by atoms with Gasteiger partial charge in [-0.25, -0.2) is 4.79 Å². The molecule has 1 aliphatic heterocycles. The molecule has 4 amide bonds. The van der Waals surface area contributed by atoms with Gasteiger partial charge >= 0.3 is 5.97 Å². The highest BCUT2D eigenvalue weighted by Crippen LogP contribution is 2.24. The van der Waals surface area contributed by atoms with Crippen molar-refractivity contribution in [1.82, 2.24) is 15.8 Å². The molecule has 0 aliphatic carbocycles. The summed E-state index contributed by atoms with van der Waals surface area (Å²) in [4.78, 5) is 61.5. The second kappa shape index (κ2) is 8.75. The van der Waals surface area contributed by atoms with Crippen LogP contribution in [0.3, 0.4) is 0 Å². The van der Waals surface area contributed by atoms with Crippen molar-refractivity contribution in [2.45, 2.75) is 13.0 Å². The van der Waals surface area contributed by atoms with Crippen LogP contribution in [0.2, 0.25) is 5.02 Å². The zero-order valence-corrected chi connectivity index (χ0v) is 16.4. The number of amides is 4. The van der Waals surface area contributed by atoms with Gasteiger partial charge in [-0.1, -0.05) is 23.7 Å². The third kappa shape index (κ3) is 4.31. The molecule has 0 aromatic heterocycles. The molecule has 154 valence electrons. The quantitative estimate of drug-likeness (QED) is 0.420. The molecule has 3 rings (SSSR count). The molecule has 2 aromatic carbocycles. The Balaban J connectivity index is 1.50. The molecule has 1 unspecified atom stereocenters. The highest BCUT2D eigenvalue weighted by molar-refractivity contribution is 6.30. The van der Waals surface area contributed by atoms with Gasteiger partial charge in [-0.2, -0.15) is 0 Å². The normalized spacial score (nSPS) is 13.5. The van der Waals surface area contributed by atoms with Gasteiger partial charge in [0.05, 0.1) is 11.1 Å². The van der Waals surface area contributed by atoms with Gasteiger partial charge in [-0.05, 0) is 43.3 Å². The Kier molecular flexibility index (Phi) is 6.12.